The van der Waals surface area contributed by atoms with Crippen molar-refractivity contribution in [2.75, 3.05) is 6.54 Å². The van der Waals surface area contributed by atoms with Gasteiger partial charge in [0.2, 0.25) is 0 Å². The van der Waals surface area contributed by atoms with Crippen molar-refractivity contribution < 1.29 is 0 Å². The molecule has 0 bridgehead atoms. The largest absolute Gasteiger partial charge is 0.310 e. The highest BCUT2D eigenvalue weighted by Gasteiger charge is 2.16. The van der Waals surface area contributed by atoms with Gasteiger partial charge in [0, 0.05) is 25.7 Å². The molecule has 108 valence electrons. The molecule has 0 saturated heterocycles. The quantitative estimate of drug-likeness (QED) is 0.842. The van der Waals surface area contributed by atoms with Crippen LogP contribution in [-0.2, 0) is 19.9 Å². The summed E-state index contributed by atoms with van der Waals surface area (Å²) >= 11 is 0. The van der Waals surface area contributed by atoms with Gasteiger partial charge in [-0.2, -0.15) is 0 Å². The Morgan fingerprint density at radius 1 is 1.25 bits per heavy atom. The van der Waals surface area contributed by atoms with Crippen LogP contribution in [0.2, 0.25) is 0 Å². The van der Waals surface area contributed by atoms with Crippen molar-refractivity contribution in [2.45, 2.75) is 39.2 Å². The van der Waals surface area contributed by atoms with Gasteiger partial charge in [-0.1, -0.05) is 43.3 Å². The van der Waals surface area contributed by atoms with E-state index in [2.05, 4.69) is 53.7 Å². The molecular formula is C16H24N4. The normalized spacial score (nSPS) is 12.6. The Bertz CT molecular complexity index is 533. The molecule has 0 saturated carbocycles. The molecule has 1 aromatic carbocycles. The van der Waals surface area contributed by atoms with Gasteiger partial charge in [-0.05, 0) is 30.5 Å². The van der Waals surface area contributed by atoms with Crippen molar-refractivity contribution in [3.05, 3.63) is 47.3 Å². The number of nitrogens with zero attached hydrogens (tertiary/aromatic N) is 3. The average molecular weight is 272 g/mol. The lowest BCUT2D eigenvalue weighted by atomic mass is 9.95. The van der Waals surface area contributed by atoms with Crippen LogP contribution in [-0.4, -0.2) is 21.5 Å². The lowest BCUT2D eigenvalue weighted by Crippen LogP contribution is -2.25. The van der Waals surface area contributed by atoms with Crippen molar-refractivity contribution in [3.63, 3.8) is 0 Å². The lowest BCUT2D eigenvalue weighted by Gasteiger charge is -2.20. The molecule has 1 N–H and O–H groups in total. The Morgan fingerprint density at radius 3 is 2.70 bits per heavy atom. The summed E-state index contributed by atoms with van der Waals surface area (Å²) < 4.78 is 1.76. The van der Waals surface area contributed by atoms with E-state index in [-0.39, 0.29) is 0 Å². The summed E-state index contributed by atoms with van der Waals surface area (Å²) in [4.78, 5) is 0. The molecule has 0 aliphatic carbocycles. The van der Waals surface area contributed by atoms with E-state index in [1.165, 1.54) is 11.1 Å². The van der Waals surface area contributed by atoms with E-state index in [1.807, 2.05) is 13.2 Å². The minimum Gasteiger partial charge on any atom is -0.310 e. The van der Waals surface area contributed by atoms with Gasteiger partial charge in [-0.15, -0.1) is 5.10 Å². The predicted octanol–water partition coefficient (Wildman–Crippen LogP) is 2.66. The molecule has 0 amide bonds. The fraction of sp³-hybridized carbons (Fsp3) is 0.500. The predicted molar refractivity (Wildman–Crippen MR) is 81.6 cm³/mol. The average Bonchev–Trinajstić information content (AvgIpc) is 2.88. The summed E-state index contributed by atoms with van der Waals surface area (Å²) in [5.41, 5.74) is 3.83. The topological polar surface area (TPSA) is 42.7 Å². The monoisotopic (exact) mass is 272 g/mol. The van der Waals surface area contributed by atoms with E-state index in [0.717, 1.165) is 31.5 Å². The van der Waals surface area contributed by atoms with Gasteiger partial charge < -0.3 is 5.32 Å². The molecule has 0 aliphatic heterocycles. The minimum atomic E-state index is 0.308. The number of aryl methyl sites for hydroxylation is 2. The molecule has 0 aliphatic rings. The summed E-state index contributed by atoms with van der Waals surface area (Å²) in [6, 6.07) is 8.98. The third-order valence-electron chi connectivity index (χ3n) is 3.52. The zero-order chi connectivity index (χ0) is 14.4. The zero-order valence-corrected chi connectivity index (χ0v) is 12.6. The van der Waals surface area contributed by atoms with Crippen LogP contribution < -0.4 is 5.32 Å². The SMILES string of the molecule is CCCNC(Cc1cn(C)nn1)c1ccccc1CC. The van der Waals surface area contributed by atoms with E-state index >= 15 is 0 Å². The molecule has 1 unspecified atom stereocenters. The molecule has 1 heterocycles. The van der Waals surface area contributed by atoms with Gasteiger partial charge in [0.05, 0.1) is 5.69 Å². The second-order valence-electron chi connectivity index (χ2n) is 5.15. The van der Waals surface area contributed by atoms with Crippen LogP contribution in [0.3, 0.4) is 0 Å². The molecule has 1 aromatic heterocycles. The van der Waals surface area contributed by atoms with E-state index in [9.17, 15) is 0 Å². The van der Waals surface area contributed by atoms with Gasteiger partial charge in [-0.3, -0.25) is 4.68 Å². The van der Waals surface area contributed by atoms with Gasteiger partial charge in [-0.25, -0.2) is 0 Å². The maximum Gasteiger partial charge on any atom is 0.0845 e. The number of nitrogens with one attached hydrogen (secondary N) is 1. The Kier molecular flexibility index (Phi) is 5.30. The van der Waals surface area contributed by atoms with Crippen LogP contribution in [0.15, 0.2) is 30.5 Å². The summed E-state index contributed by atoms with van der Waals surface area (Å²) in [5.74, 6) is 0. The molecule has 2 rings (SSSR count). The van der Waals surface area contributed by atoms with Gasteiger partial charge in [0.15, 0.2) is 0 Å². The second-order valence-corrected chi connectivity index (χ2v) is 5.15. The first kappa shape index (κ1) is 14.7. The first-order valence-electron chi connectivity index (χ1n) is 7.41. The van der Waals surface area contributed by atoms with Crippen LogP contribution >= 0.6 is 0 Å². The summed E-state index contributed by atoms with van der Waals surface area (Å²) in [6.07, 6.45) is 5.06. The number of hydrogen-bond donors (Lipinski definition) is 1. The standard InChI is InChI=1S/C16H24N4/c1-4-10-17-16(11-14-12-20(3)19-18-14)15-9-7-6-8-13(15)5-2/h6-9,12,16-17H,4-5,10-11H2,1-3H3. The van der Waals surface area contributed by atoms with E-state index < -0.39 is 0 Å². The second kappa shape index (κ2) is 7.20. The fourth-order valence-corrected chi connectivity index (χ4v) is 2.50. The van der Waals surface area contributed by atoms with Gasteiger partial charge >= 0.3 is 0 Å². The van der Waals surface area contributed by atoms with E-state index in [0.29, 0.717) is 6.04 Å². The lowest BCUT2D eigenvalue weighted by molar-refractivity contribution is 0.520. The van der Waals surface area contributed by atoms with Crippen molar-refractivity contribution in [3.8, 4) is 0 Å². The molecule has 20 heavy (non-hydrogen) atoms. The Labute approximate surface area is 121 Å². The van der Waals surface area contributed by atoms with Crippen LogP contribution in [0.1, 0.15) is 43.1 Å². The summed E-state index contributed by atoms with van der Waals surface area (Å²) in [7, 11) is 1.91. The smallest absolute Gasteiger partial charge is 0.0845 e. The van der Waals surface area contributed by atoms with Crippen molar-refractivity contribution in [2.24, 2.45) is 7.05 Å². The highest BCUT2D eigenvalue weighted by Crippen LogP contribution is 2.22. The first-order chi connectivity index (χ1) is 9.74. The Hall–Kier alpha value is -1.68. The highest BCUT2D eigenvalue weighted by atomic mass is 15.4. The highest BCUT2D eigenvalue weighted by molar-refractivity contribution is 5.31. The minimum absolute atomic E-state index is 0.308. The first-order valence-corrected chi connectivity index (χ1v) is 7.41. The van der Waals surface area contributed by atoms with Crippen LogP contribution in [0.5, 0.6) is 0 Å². The number of benzene rings is 1. The molecule has 4 nitrogen and oxygen atoms in total. The molecule has 2 aromatic rings. The maximum atomic E-state index is 4.22. The number of aromatic nitrogens is 3. The summed E-state index contributed by atoms with van der Waals surface area (Å²) in [5, 5.41) is 11.9. The van der Waals surface area contributed by atoms with Crippen molar-refractivity contribution in [1.29, 1.82) is 0 Å². The number of hydrogen-bond acceptors (Lipinski definition) is 3. The molecular weight excluding hydrogens is 248 g/mol. The molecule has 1 atom stereocenters. The van der Waals surface area contributed by atoms with Crippen molar-refractivity contribution >= 4 is 0 Å². The maximum absolute atomic E-state index is 4.22. The Morgan fingerprint density at radius 2 is 2.05 bits per heavy atom. The van der Waals surface area contributed by atoms with Crippen molar-refractivity contribution in [1.82, 2.24) is 20.3 Å². The third-order valence-corrected chi connectivity index (χ3v) is 3.52. The Balaban J connectivity index is 2.22. The third kappa shape index (κ3) is 3.67. The van der Waals surface area contributed by atoms with Crippen LogP contribution in [0, 0.1) is 0 Å². The van der Waals surface area contributed by atoms with Gasteiger partial charge in [0.25, 0.3) is 0 Å². The molecule has 4 heteroatoms. The molecule has 0 spiro atoms. The summed E-state index contributed by atoms with van der Waals surface area (Å²) in [6.45, 7) is 5.42. The number of rotatable bonds is 7. The van der Waals surface area contributed by atoms with Gasteiger partial charge in [0.1, 0.15) is 0 Å². The van der Waals surface area contributed by atoms with Crippen LogP contribution in [0.25, 0.3) is 0 Å². The zero-order valence-electron chi connectivity index (χ0n) is 12.6. The molecule has 0 radical (unpaired) electrons. The molecule has 0 fully saturated rings. The van der Waals surface area contributed by atoms with E-state index in [4.69, 9.17) is 0 Å². The fourth-order valence-electron chi connectivity index (χ4n) is 2.50. The van der Waals surface area contributed by atoms with E-state index in [1.54, 1.807) is 4.68 Å². The van der Waals surface area contributed by atoms with Crippen LogP contribution in [0.4, 0.5) is 0 Å².